The summed E-state index contributed by atoms with van der Waals surface area (Å²) in [4.78, 5) is 10.6. The maximum absolute atomic E-state index is 8.77. The highest BCUT2D eigenvalue weighted by Gasteiger charge is 2.15. The number of aromatic amines is 1. The summed E-state index contributed by atoms with van der Waals surface area (Å²) in [6.07, 6.45) is 3.04. The van der Waals surface area contributed by atoms with Gasteiger partial charge in [0.05, 0.1) is 11.3 Å². The van der Waals surface area contributed by atoms with Gasteiger partial charge in [-0.25, -0.2) is 9.97 Å². The summed E-state index contributed by atoms with van der Waals surface area (Å²) in [6, 6.07) is 1.76. The molecule has 0 aliphatic carbocycles. The van der Waals surface area contributed by atoms with Gasteiger partial charge in [0, 0.05) is 12.4 Å². The predicted molar refractivity (Wildman–Crippen MR) is 42.8 cm³/mol. The van der Waals surface area contributed by atoms with E-state index < -0.39 is 7.12 Å². The molecule has 0 fully saturated rings. The molecule has 0 aromatic carbocycles. The van der Waals surface area contributed by atoms with E-state index in [0.717, 1.165) is 5.69 Å². The van der Waals surface area contributed by atoms with Gasteiger partial charge in [-0.1, -0.05) is 0 Å². The van der Waals surface area contributed by atoms with Crippen molar-refractivity contribution in [2.75, 3.05) is 0 Å². The highest BCUT2D eigenvalue weighted by atomic mass is 16.4. The highest BCUT2D eigenvalue weighted by molar-refractivity contribution is 6.57. The van der Waals surface area contributed by atoms with E-state index in [4.69, 9.17) is 10.0 Å². The molecule has 0 unspecified atom stereocenters. The molecule has 0 aromatic rings. The van der Waals surface area contributed by atoms with Crippen LogP contribution in [0.15, 0.2) is 18.5 Å². The van der Waals surface area contributed by atoms with Crippen LogP contribution in [0, 0.1) is 0 Å². The number of aromatic nitrogens is 3. The molecule has 0 bridgehead atoms. The van der Waals surface area contributed by atoms with Crippen LogP contribution in [0.5, 0.6) is 0 Å². The molecule has 3 N–H and O–H groups in total. The lowest BCUT2D eigenvalue weighted by molar-refractivity contribution is 0.424. The van der Waals surface area contributed by atoms with Crippen molar-refractivity contribution in [2.45, 2.75) is 0 Å². The molecule has 5 nitrogen and oxygen atoms in total. The van der Waals surface area contributed by atoms with Crippen LogP contribution in [0.2, 0.25) is 0 Å². The Morgan fingerprint density at radius 3 is 3.00 bits per heavy atom. The second-order valence-corrected chi connectivity index (χ2v) is 2.38. The van der Waals surface area contributed by atoms with Crippen LogP contribution in [-0.2, 0) is 0 Å². The van der Waals surface area contributed by atoms with Gasteiger partial charge in [0.25, 0.3) is 0 Å². The Kier molecular flexibility index (Phi) is 1.56. The zero-order valence-electron chi connectivity index (χ0n) is 6.10. The molecule has 2 aliphatic rings. The van der Waals surface area contributed by atoms with Crippen molar-refractivity contribution < 1.29 is 10.0 Å². The van der Waals surface area contributed by atoms with Crippen LogP contribution in [0.3, 0.4) is 0 Å². The molecule has 0 aromatic heterocycles. The molecule has 12 heavy (non-hydrogen) atoms. The Bertz CT molecular complexity index is 362. The second-order valence-electron chi connectivity index (χ2n) is 2.38. The molecule has 2 rings (SSSR count). The van der Waals surface area contributed by atoms with Crippen LogP contribution in [0.1, 0.15) is 0 Å². The first-order valence-electron chi connectivity index (χ1n) is 3.43. The maximum Gasteiger partial charge on any atom is 0.509 e. The van der Waals surface area contributed by atoms with E-state index in [-0.39, 0.29) is 5.59 Å². The Morgan fingerprint density at radius 2 is 2.25 bits per heavy atom. The number of nitrogens with one attached hydrogen (secondary N) is 1. The topological polar surface area (TPSA) is 82.0 Å². The average molecular weight is 163 g/mol. The number of fused-ring (bicyclic) bond motifs is 1. The molecule has 0 saturated heterocycles. The molecule has 0 saturated carbocycles. The van der Waals surface area contributed by atoms with E-state index in [2.05, 4.69) is 15.0 Å². The SMILES string of the molecule is OB(O)c1c[nH]c2ccnc-2n1. The van der Waals surface area contributed by atoms with Gasteiger partial charge in [0.1, 0.15) is 0 Å². The van der Waals surface area contributed by atoms with Gasteiger partial charge in [-0.05, 0) is 6.07 Å². The minimum Gasteiger partial charge on any atom is -0.422 e. The zero-order chi connectivity index (χ0) is 8.55. The average Bonchev–Trinajstić information content (AvgIpc) is 2.49. The van der Waals surface area contributed by atoms with E-state index in [1.165, 1.54) is 6.20 Å². The fourth-order valence-electron chi connectivity index (χ4n) is 0.967. The summed E-state index contributed by atoms with van der Waals surface area (Å²) < 4.78 is 0. The van der Waals surface area contributed by atoms with Crippen molar-refractivity contribution in [3.63, 3.8) is 0 Å². The standard InChI is InChI=1S/C6H6BN3O2/c11-7(12)5-3-9-4-1-2-8-6(4)10-5/h1-3,9,11-12H. The lowest BCUT2D eigenvalue weighted by Crippen LogP contribution is -2.33. The smallest absolute Gasteiger partial charge is 0.422 e. The molecule has 2 heterocycles. The number of nitrogens with zero attached hydrogens (tertiary/aromatic N) is 2. The summed E-state index contributed by atoms with van der Waals surface area (Å²) in [5.74, 6) is 0.487. The van der Waals surface area contributed by atoms with Crippen molar-refractivity contribution in [3.8, 4) is 11.5 Å². The lowest BCUT2D eigenvalue weighted by atomic mass is 9.87. The number of H-pyrrole nitrogens is 1. The summed E-state index contributed by atoms with van der Waals surface area (Å²) in [7, 11) is -1.55. The van der Waals surface area contributed by atoms with Crippen LogP contribution >= 0.6 is 0 Å². The normalized spacial score (nSPS) is 10.5. The second kappa shape index (κ2) is 2.58. The molecular weight excluding hydrogens is 157 g/mol. The molecule has 6 heteroatoms. The predicted octanol–water partition coefficient (Wildman–Crippen LogP) is -1.41. The van der Waals surface area contributed by atoms with Crippen molar-refractivity contribution in [2.24, 2.45) is 0 Å². The number of hydrogen-bond donors (Lipinski definition) is 3. The molecule has 60 valence electrons. The number of hydrogen-bond acceptors (Lipinski definition) is 4. The van der Waals surface area contributed by atoms with Crippen molar-refractivity contribution in [3.05, 3.63) is 18.5 Å². The fourth-order valence-corrected chi connectivity index (χ4v) is 0.967. The minimum absolute atomic E-state index is 0.168. The van der Waals surface area contributed by atoms with Gasteiger partial charge in [-0.2, -0.15) is 0 Å². The van der Waals surface area contributed by atoms with E-state index in [9.17, 15) is 0 Å². The van der Waals surface area contributed by atoms with Crippen LogP contribution in [0.25, 0.3) is 11.5 Å². The van der Waals surface area contributed by atoms with E-state index in [1.54, 1.807) is 12.3 Å². The Labute approximate surface area is 68.6 Å². The van der Waals surface area contributed by atoms with Crippen molar-refractivity contribution >= 4 is 12.7 Å². The Morgan fingerprint density at radius 1 is 1.42 bits per heavy atom. The van der Waals surface area contributed by atoms with Crippen LogP contribution < -0.4 is 5.59 Å². The quantitative estimate of drug-likeness (QED) is 0.451. The van der Waals surface area contributed by atoms with Crippen molar-refractivity contribution in [1.82, 2.24) is 15.0 Å². The van der Waals surface area contributed by atoms with Gasteiger partial charge in [-0.15, -0.1) is 0 Å². The van der Waals surface area contributed by atoms with Crippen LogP contribution in [0.4, 0.5) is 0 Å². The maximum atomic E-state index is 8.77. The number of rotatable bonds is 1. The first-order chi connectivity index (χ1) is 5.77. The Hall–Kier alpha value is -1.40. The molecule has 0 amide bonds. The zero-order valence-corrected chi connectivity index (χ0v) is 6.10. The molecular formula is C6H6BN3O2. The Balaban J connectivity index is 2.54. The van der Waals surface area contributed by atoms with E-state index in [0.29, 0.717) is 5.82 Å². The lowest BCUT2D eigenvalue weighted by Gasteiger charge is -2.00. The van der Waals surface area contributed by atoms with Gasteiger partial charge < -0.3 is 15.0 Å². The van der Waals surface area contributed by atoms with E-state index >= 15 is 0 Å². The van der Waals surface area contributed by atoms with Gasteiger partial charge in [-0.3, -0.25) is 0 Å². The summed E-state index contributed by atoms with van der Waals surface area (Å²) in [5, 5.41) is 17.5. The first kappa shape index (κ1) is 7.26. The van der Waals surface area contributed by atoms with E-state index in [1.807, 2.05) is 0 Å². The van der Waals surface area contributed by atoms with Crippen LogP contribution in [-0.4, -0.2) is 32.1 Å². The summed E-state index contributed by atoms with van der Waals surface area (Å²) in [5.41, 5.74) is 0.945. The monoisotopic (exact) mass is 163 g/mol. The summed E-state index contributed by atoms with van der Waals surface area (Å²) in [6.45, 7) is 0. The third kappa shape index (κ3) is 1.07. The molecule has 2 aliphatic heterocycles. The molecule has 0 atom stereocenters. The first-order valence-corrected chi connectivity index (χ1v) is 3.43. The molecule has 0 radical (unpaired) electrons. The fraction of sp³-hybridized carbons (Fsp3) is 0. The van der Waals surface area contributed by atoms with Crippen molar-refractivity contribution in [1.29, 1.82) is 0 Å². The van der Waals surface area contributed by atoms with Gasteiger partial charge in [0.2, 0.25) is 0 Å². The largest absolute Gasteiger partial charge is 0.509 e. The third-order valence-corrected chi connectivity index (χ3v) is 1.55. The minimum atomic E-state index is -1.55. The molecule has 0 spiro atoms. The summed E-state index contributed by atoms with van der Waals surface area (Å²) >= 11 is 0. The van der Waals surface area contributed by atoms with Gasteiger partial charge in [0.15, 0.2) is 5.82 Å². The highest BCUT2D eigenvalue weighted by Crippen LogP contribution is 2.10. The van der Waals surface area contributed by atoms with Gasteiger partial charge >= 0.3 is 7.12 Å². The third-order valence-electron chi connectivity index (χ3n) is 1.55.